The SMILES string of the molecule is NC(=O)c1ncn(-c2ccc(NC(=O)c3ccc(F)cc3Cl)cc2)c1C(=O)NCCCN1CCCC1=O. The number of hydrogen-bond donors (Lipinski definition) is 3. The number of nitrogens with one attached hydrogen (secondary N) is 2. The van der Waals surface area contributed by atoms with E-state index in [0.717, 1.165) is 25.1 Å². The molecule has 0 spiro atoms. The van der Waals surface area contributed by atoms with Gasteiger partial charge < -0.3 is 21.3 Å². The number of halogens is 2. The van der Waals surface area contributed by atoms with Crippen LogP contribution in [0.3, 0.4) is 0 Å². The summed E-state index contributed by atoms with van der Waals surface area (Å²) in [5, 5.41) is 5.40. The third-order valence-electron chi connectivity index (χ3n) is 5.86. The monoisotopic (exact) mass is 526 g/mol. The molecule has 2 aromatic carbocycles. The maximum absolute atomic E-state index is 13.3. The fourth-order valence-corrected chi connectivity index (χ4v) is 4.27. The molecule has 2 heterocycles. The molecule has 12 heteroatoms. The fourth-order valence-electron chi connectivity index (χ4n) is 4.01. The first-order valence-electron chi connectivity index (χ1n) is 11.5. The molecule has 0 unspecified atom stereocenters. The molecular weight excluding hydrogens is 503 g/mol. The van der Waals surface area contributed by atoms with E-state index in [4.69, 9.17) is 17.3 Å². The summed E-state index contributed by atoms with van der Waals surface area (Å²) in [5.74, 6) is -2.36. The minimum Gasteiger partial charge on any atom is -0.364 e. The zero-order valence-electron chi connectivity index (χ0n) is 19.7. The summed E-state index contributed by atoms with van der Waals surface area (Å²) in [4.78, 5) is 54.8. The number of imidazole rings is 1. The number of carbonyl (C=O) groups excluding carboxylic acids is 4. The summed E-state index contributed by atoms with van der Waals surface area (Å²) >= 11 is 5.95. The Balaban J connectivity index is 1.45. The average molecular weight is 527 g/mol. The highest BCUT2D eigenvalue weighted by molar-refractivity contribution is 6.34. The largest absolute Gasteiger partial charge is 0.364 e. The molecule has 1 aliphatic rings. The van der Waals surface area contributed by atoms with Crippen molar-refractivity contribution in [2.45, 2.75) is 19.3 Å². The van der Waals surface area contributed by atoms with E-state index in [-0.39, 0.29) is 27.9 Å². The molecule has 4 N–H and O–H groups in total. The third kappa shape index (κ3) is 5.95. The standard InChI is InChI=1S/C25H24ClFN6O4/c26-19-13-15(27)4-9-18(19)24(36)31-16-5-7-17(8-6-16)33-14-30-21(23(28)35)22(33)25(37)29-10-2-12-32-11-1-3-20(32)34/h4-9,13-14H,1-3,10-12H2,(H2,28,35)(H,29,37)(H,31,36). The Labute approximate surface area is 216 Å². The van der Waals surface area contributed by atoms with Gasteiger partial charge in [0.05, 0.1) is 10.6 Å². The highest BCUT2D eigenvalue weighted by Crippen LogP contribution is 2.21. The van der Waals surface area contributed by atoms with Gasteiger partial charge in [0, 0.05) is 37.4 Å². The zero-order chi connectivity index (χ0) is 26.5. The van der Waals surface area contributed by atoms with Crippen molar-refractivity contribution in [3.05, 3.63) is 76.6 Å². The molecule has 192 valence electrons. The predicted octanol–water partition coefficient (Wildman–Crippen LogP) is 2.76. The van der Waals surface area contributed by atoms with Gasteiger partial charge in [-0.1, -0.05) is 11.6 Å². The first-order valence-corrected chi connectivity index (χ1v) is 11.9. The lowest BCUT2D eigenvalue weighted by atomic mass is 10.2. The van der Waals surface area contributed by atoms with Crippen molar-refractivity contribution < 1.29 is 23.6 Å². The summed E-state index contributed by atoms with van der Waals surface area (Å²) in [6.45, 7) is 1.55. The number of amides is 4. The molecule has 0 saturated carbocycles. The number of nitrogens with zero attached hydrogens (tertiary/aromatic N) is 3. The van der Waals surface area contributed by atoms with Gasteiger partial charge in [-0.15, -0.1) is 0 Å². The number of primary amides is 1. The number of likely N-dealkylation sites (tertiary alicyclic amines) is 1. The Morgan fingerprint density at radius 1 is 1.11 bits per heavy atom. The number of benzene rings is 2. The Morgan fingerprint density at radius 2 is 1.86 bits per heavy atom. The van der Waals surface area contributed by atoms with E-state index in [9.17, 15) is 23.6 Å². The lowest BCUT2D eigenvalue weighted by Crippen LogP contribution is -2.32. The Hall–Kier alpha value is -4.25. The number of anilines is 1. The summed E-state index contributed by atoms with van der Waals surface area (Å²) in [6, 6.07) is 9.87. The van der Waals surface area contributed by atoms with Gasteiger partial charge in [-0.05, 0) is 55.3 Å². The van der Waals surface area contributed by atoms with Crippen molar-refractivity contribution >= 4 is 40.9 Å². The predicted molar refractivity (Wildman–Crippen MR) is 134 cm³/mol. The first-order chi connectivity index (χ1) is 17.7. The van der Waals surface area contributed by atoms with Crippen LogP contribution in [0.25, 0.3) is 5.69 Å². The zero-order valence-corrected chi connectivity index (χ0v) is 20.4. The van der Waals surface area contributed by atoms with Crippen molar-refractivity contribution in [3.63, 3.8) is 0 Å². The van der Waals surface area contributed by atoms with Crippen LogP contribution in [-0.4, -0.2) is 57.7 Å². The smallest absolute Gasteiger partial charge is 0.270 e. The van der Waals surface area contributed by atoms with Gasteiger partial charge in [-0.2, -0.15) is 0 Å². The van der Waals surface area contributed by atoms with Gasteiger partial charge in [0.1, 0.15) is 17.8 Å². The normalized spacial score (nSPS) is 13.0. The van der Waals surface area contributed by atoms with E-state index in [2.05, 4.69) is 15.6 Å². The molecular formula is C25H24ClFN6O4. The Morgan fingerprint density at radius 3 is 2.51 bits per heavy atom. The summed E-state index contributed by atoms with van der Waals surface area (Å²) in [7, 11) is 0. The summed E-state index contributed by atoms with van der Waals surface area (Å²) in [6.07, 6.45) is 3.26. The lowest BCUT2D eigenvalue weighted by molar-refractivity contribution is -0.127. The van der Waals surface area contributed by atoms with Gasteiger partial charge in [0.15, 0.2) is 5.69 Å². The van der Waals surface area contributed by atoms with E-state index in [1.807, 2.05) is 0 Å². The summed E-state index contributed by atoms with van der Waals surface area (Å²) in [5.41, 5.74) is 6.25. The van der Waals surface area contributed by atoms with E-state index in [0.29, 0.717) is 37.3 Å². The molecule has 0 atom stereocenters. The molecule has 10 nitrogen and oxygen atoms in total. The van der Waals surface area contributed by atoms with E-state index < -0.39 is 23.5 Å². The number of rotatable bonds is 9. The average Bonchev–Trinajstić information content (AvgIpc) is 3.48. The molecule has 1 aliphatic heterocycles. The van der Waals surface area contributed by atoms with Crippen LogP contribution in [0.1, 0.15) is 50.6 Å². The second kappa shape index (κ2) is 11.2. The molecule has 4 amide bonds. The van der Waals surface area contributed by atoms with Gasteiger partial charge in [0.2, 0.25) is 5.91 Å². The van der Waals surface area contributed by atoms with E-state index in [1.54, 1.807) is 29.2 Å². The fraction of sp³-hybridized carbons (Fsp3) is 0.240. The second-order valence-electron chi connectivity index (χ2n) is 8.39. The van der Waals surface area contributed by atoms with Crippen LogP contribution in [0.15, 0.2) is 48.8 Å². The molecule has 3 aromatic rings. The molecule has 0 bridgehead atoms. The van der Waals surface area contributed by atoms with Gasteiger partial charge in [-0.25, -0.2) is 9.37 Å². The molecule has 0 radical (unpaired) electrons. The summed E-state index contributed by atoms with van der Waals surface area (Å²) < 4.78 is 14.7. The number of nitrogens with two attached hydrogens (primary N) is 1. The van der Waals surface area contributed by atoms with Crippen LogP contribution >= 0.6 is 11.6 Å². The van der Waals surface area contributed by atoms with Crippen molar-refractivity contribution in [2.75, 3.05) is 25.0 Å². The molecule has 37 heavy (non-hydrogen) atoms. The van der Waals surface area contributed by atoms with Crippen molar-refractivity contribution in [1.29, 1.82) is 0 Å². The van der Waals surface area contributed by atoms with Crippen LogP contribution < -0.4 is 16.4 Å². The number of hydrogen-bond acceptors (Lipinski definition) is 5. The number of carbonyl (C=O) groups is 4. The Bertz CT molecular complexity index is 1360. The van der Waals surface area contributed by atoms with Crippen molar-refractivity contribution in [1.82, 2.24) is 19.8 Å². The van der Waals surface area contributed by atoms with E-state index >= 15 is 0 Å². The highest BCUT2D eigenvalue weighted by atomic mass is 35.5. The molecule has 0 aliphatic carbocycles. The third-order valence-corrected chi connectivity index (χ3v) is 6.17. The van der Waals surface area contributed by atoms with Crippen LogP contribution in [-0.2, 0) is 4.79 Å². The van der Waals surface area contributed by atoms with Crippen LogP contribution in [0.5, 0.6) is 0 Å². The molecule has 1 saturated heterocycles. The van der Waals surface area contributed by atoms with Crippen LogP contribution in [0.4, 0.5) is 10.1 Å². The van der Waals surface area contributed by atoms with Crippen LogP contribution in [0, 0.1) is 5.82 Å². The molecule has 1 aromatic heterocycles. The van der Waals surface area contributed by atoms with Gasteiger partial charge in [0.25, 0.3) is 17.7 Å². The van der Waals surface area contributed by atoms with Crippen molar-refractivity contribution in [3.8, 4) is 5.69 Å². The van der Waals surface area contributed by atoms with E-state index in [1.165, 1.54) is 17.0 Å². The minimum atomic E-state index is -0.855. The van der Waals surface area contributed by atoms with Crippen LogP contribution in [0.2, 0.25) is 5.02 Å². The maximum Gasteiger partial charge on any atom is 0.270 e. The van der Waals surface area contributed by atoms with Gasteiger partial charge in [-0.3, -0.25) is 23.7 Å². The van der Waals surface area contributed by atoms with Gasteiger partial charge >= 0.3 is 0 Å². The maximum atomic E-state index is 13.3. The lowest BCUT2D eigenvalue weighted by Gasteiger charge is -2.15. The highest BCUT2D eigenvalue weighted by Gasteiger charge is 2.24. The quantitative estimate of drug-likeness (QED) is 0.368. The first kappa shape index (κ1) is 25.8. The topological polar surface area (TPSA) is 139 Å². The molecule has 4 rings (SSSR count). The molecule has 1 fully saturated rings. The second-order valence-corrected chi connectivity index (χ2v) is 8.80. The Kier molecular flexibility index (Phi) is 7.83. The number of aromatic nitrogens is 2. The van der Waals surface area contributed by atoms with Crippen molar-refractivity contribution in [2.24, 2.45) is 5.73 Å². The minimum absolute atomic E-state index is 0.0193.